The summed E-state index contributed by atoms with van der Waals surface area (Å²) in [6.45, 7) is 8.30. The highest BCUT2D eigenvalue weighted by Crippen LogP contribution is 2.38. The van der Waals surface area contributed by atoms with E-state index >= 15 is 0 Å². The van der Waals surface area contributed by atoms with Gasteiger partial charge in [-0.2, -0.15) is 0 Å². The largest absolute Gasteiger partial charge is 0.499 e. The first-order chi connectivity index (χ1) is 13.4. The molecule has 1 fully saturated rings. The second kappa shape index (κ2) is 5.97. The van der Waals surface area contributed by atoms with Crippen molar-refractivity contribution in [2.24, 2.45) is 0 Å². The van der Waals surface area contributed by atoms with E-state index in [4.69, 9.17) is 13.7 Å². The van der Waals surface area contributed by atoms with Gasteiger partial charge in [-0.25, -0.2) is 0 Å². The van der Waals surface area contributed by atoms with Gasteiger partial charge in [0.05, 0.1) is 17.5 Å². The molecule has 4 aromatic rings. The van der Waals surface area contributed by atoms with E-state index in [2.05, 4.69) is 76.2 Å². The Balaban J connectivity index is 1.72. The van der Waals surface area contributed by atoms with E-state index in [1.807, 2.05) is 12.1 Å². The van der Waals surface area contributed by atoms with E-state index < -0.39 is 18.3 Å². The van der Waals surface area contributed by atoms with E-state index in [-0.39, 0.29) is 0 Å². The van der Waals surface area contributed by atoms with Crippen LogP contribution < -0.4 is 5.46 Å². The first-order valence-corrected chi connectivity index (χ1v) is 9.71. The van der Waals surface area contributed by atoms with Crippen molar-refractivity contribution >= 4 is 34.3 Å². The molecule has 0 aliphatic carbocycles. The molecule has 1 aliphatic rings. The van der Waals surface area contributed by atoms with Crippen LogP contribution in [0.3, 0.4) is 0 Å². The van der Waals surface area contributed by atoms with E-state index in [1.54, 1.807) is 6.26 Å². The van der Waals surface area contributed by atoms with Crippen molar-refractivity contribution in [2.75, 3.05) is 0 Å². The summed E-state index contributed by atoms with van der Waals surface area (Å²) in [4.78, 5) is 0. The van der Waals surface area contributed by atoms with Crippen molar-refractivity contribution in [2.45, 2.75) is 38.9 Å². The van der Waals surface area contributed by atoms with Crippen LogP contribution in [0, 0.1) is 0 Å². The molecule has 1 aliphatic heterocycles. The molecule has 0 N–H and O–H groups in total. The van der Waals surface area contributed by atoms with E-state index in [0.717, 1.165) is 27.2 Å². The fourth-order valence-electron chi connectivity index (χ4n) is 3.87. The predicted molar refractivity (Wildman–Crippen MR) is 115 cm³/mol. The second-order valence-corrected chi connectivity index (χ2v) is 8.52. The van der Waals surface area contributed by atoms with E-state index in [9.17, 15) is 0 Å². The molecule has 0 saturated carbocycles. The van der Waals surface area contributed by atoms with Crippen LogP contribution in [0.2, 0.25) is 0 Å². The number of benzene rings is 3. The van der Waals surface area contributed by atoms with Gasteiger partial charge < -0.3 is 13.7 Å². The molecule has 4 heteroatoms. The molecule has 28 heavy (non-hydrogen) atoms. The maximum atomic E-state index is 6.37. The molecule has 1 saturated heterocycles. The zero-order valence-electron chi connectivity index (χ0n) is 16.7. The maximum Gasteiger partial charge on any atom is 0.499 e. The molecule has 1 aromatic heterocycles. The third-order valence-corrected chi connectivity index (χ3v) is 6.19. The van der Waals surface area contributed by atoms with Crippen LogP contribution in [0.1, 0.15) is 27.7 Å². The van der Waals surface area contributed by atoms with Crippen molar-refractivity contribution in [3.63, 3.8) is 0 Å². The third-order valence-electron chi connectivity index (χ3n) is 6.19. The molecule has 0 radical (unpaired) electrons. The van der Waals surface area contributed by atoms with Crippen LogP contribution in [0.4, 0.5) is 0 Å². The van der Waals surface area contributed by atoms with Crippen LogP contribution in [-0.4, -0.2) is 18.3 Å². The Labute approximate surface area is 165 Å². The number of hydrogen-bond donors (Lipinski definition) is 0. The van der Waals surface area contributed by atoms with Gasteiger partial charge in [0.15, 0.2) is 0 Å². The Hall–Kier alpha value is -2.56. The average molecular weight is 370 g/mol. The summed E-state index contributed by atoms with van der Waals surface area (Å²) in [5, 5.41) is 3.31. The molecule has 2 heterocycles. The van der Waals surface area contributed by atoms with Gasteiger partial charge in [0.25, 0.3) is 0 Å². The van der Waals surface area contributed by atoms with Crippen LogP contribution in [0.15, 0.2) is 71.3 Å². The lowest BCUT2D eigenvalue weighted by atomic mass is 9.75. The van der Waals surface area contributed by atoms with Gasteiger partial charge in [-0.15, -0.1) is 0 Å². The summed E-state index contributed by atoms with van der Waals surface area (Å²) in [5.41, 5.74) is 3.39. The molecule has 0 bridgehead atoms. The molecule has 3 aromatic carbocycles. The Bertz CT molecular complexity index is 1160. The summed E-state index contributed by atoms with van der Waals surface area (Å²) in [6, 6.07) is 21.1. The Morgan fingerprint density at radius 3 is 2.14 bits per heavy atom. The van der Waals surface area contributed by atoms with Crippen LogP contribution >= 0.6 is 0 Å². The van der Waals surface area contributed by atoms with Crippen molar-refractivity contribution in [3.8, 4) is 11.1 Å². The molecular formula is C24H23BO3. The standard InChI is InChI=1S/C24H23BO3/c1-23(2)24(3,4)28-25(27-23)21-20-11-10-17(16-8-6-5-7-9-16)14-19(20)15-18-12-13-26-22(18)21/h5-15H,1-4H3. The summed E-state index contributed by atoms with van der Waals surface area (Å²) < 4.78 is 18.6. The Morgan fingerprint density at radius 1 is 0.714 bits per heavy atom. The van der Waals surface area contributed by atoms with Crippen LogP contribution in [0.5, 0.6) is 0 Å². The van der Waals surface area contributed by atoms with Gasteiger partial charge in [0.2, 0.25) is 0 Å². The molecule has 0 amide bonds. The molecule has 140 valence electrons. The summed E-state index contributed by atoms with van der Waals surface area (Å²) in [5.74, 6) is 0. The normalized spacial score (nSPS) is 18.2. The lowest BCUT2D eigenvalue weighted by molar-refractivity contribution is 0.00578. The second-order valence-electron chi connectivity index (χ2n) is 8.52. The van der Waals surface area contributed by atoms with Gasteiger partial charge in [-0.1, -0.05) is 42.5 Å². The molecule has 0 unspecified atom stereocenters. The highest BCUT2D eigenvalue weighted by molar-refractivity contribution is 6.68. The van der Waals surface area contributed by atoms with Gasteiger partial charge in [0.1, 0.15) is 5.58 Å². The highest BCUT2D eigenvalue weighted by Gasteiger charge is 2.52. The monoisotopic (exact) mass is 370 g/mol. The minimum atomic E-state index is -0.468. The van der Waals surface area contributed by atoms with Gasteiger partial charge >= 0.3 is 7.12 Å². The highest BCUT2D eigenvalue weighted by atomic mass is 16.7. The summed E-state index contributed by atoms with van der Waals surface area (Å²) >= 11 is 0. The lowest BCUT2D eigenvalue weighted by Crippen LogP contribution is -2.41. The molecule has 5 rings (SSSR count). The van der Waals surface area contributed by atoms with Gasteiger partial charge in [0, 0.05) is 10.8 Å². The topological polar surface area (TPSA) is 31.6 Å². The molecule has 0 atom stereocenters. The van der Waals surface area contributed by atoms with Crippen molar-refractivity contribution in [1.29, 1.82) is 0 Å². The number of rotatable bonds is 2. The Morgan fingerprint density at radius 2 is 1.43 bits per heavy atom. The fraction of sp³-hybridized carbons (Fsp3) is 0.250. The summed E-state index contributed by atoms with van der Waals surface area (Å²) in [7, 11) is -0.468. The lowest BCUT2D eigenvalue weighted by Gasteiger charge is -2.32. The van der Waals surface area contributed by atoms with Gasteiger partial charge in [-0.05, 0) is 67.8 Å². The SMILES string of the molecule is CC1(C)OB(c2c3ccc(-c4ccccc4)cc3cc3ccoc23)OC1(C)C. The third kappa shape index (κ3) is 2.60. The van der Waals surface area contributed by atoms with E-state index in [1.165, 1.54) is 11.1 Å². The first kappa shape index (κ1) is 17.5. The molecule has 3 nitrogen and oxygen atoms in total. The minimum absolute atomic E-state index is 0.400. The maximum absolute atomic E-state index is 6.37. The van der Waals surface area contributed by atoms with E-state index in [0.29, 0.717) is 0 Å². The quantitative estimate of drug-likeness (QED) is 0.434. The first-order valence-electron chi connectivity index (χ1n) is 9.71. The average Bonchev–Trinajstić information content (AvgIpc) is 3.21. The van der Waals surface area contributed by atoms with Gasteiger partial charge in [-0.3, -0.25) is 0 Å². The molecular weight excluding hydrogens is 347 g/mol. The number of fused-ring (bicyclic) bond motifs is 2. The smallest absolute Gasteiger partial charge is 0.465 e. The zero-order valence-corrected chi connectivity index (χ0v) is 16.7. The number of furan rings is 1. The Kier molecular flexibility index (Phi) is 3.74. The van der Waals surface area contributed by atoms with Crippen molar-refractivity contribution in [1.82, 2.24) is 0 Å². The van der Waals surface area contributed by atoms with Crippen molar-refractivity contribution in [3.05, 3.63) is 66.9 Å². The summed E-state index contributed by atoms with van der Waals surface area (Å²) in [6.07, 6.45) is 1.73. The molecule has 0 spiro atoms. The minimum Gasteiger partial charge on any atom is -0.465 e. The fourth-order valence-corrected chi connectivity index (χ4v) is 3.87. The van der Waals surface area contributed by atoms with Crippen LogP contribution in [0.25, 0.3) is 32.9 Å². The van der Waals surface area contributed by atoms with Crippen molar-refractivity contribution < 1.29 is 13.7 Å². The predicted octanol–water partition coefficient (Wildman–Crippen LogP) is 5.55. The zero-order chi connectivity index (χ0) is 19.5. The van der Waals surface area contributed by atoms with Crippen LogP contribution in [-0.2, 0) is 9.31 Å². The number of hydrogen-bond acceptors (Lipinski definition) is 3.